The third-order valence-corrected chi connectivity index (χ3v) is 8.06. The lowest BCUT2D eigenvalue weighted by atomic mass is 9.71. The number of halogens is 1. The van der Waals surface area contributed by atoms with Crippen molar-refractivity contribution in [2.24, 2.45) is 11.3 Å². The van der Waals surface area contributed by atoms with E-state index in [1.807, 2.05) is 0 Å². The minimum Gasteiger partial charge on any atom is -0.334 e. The van der Waals surface area contributed by atoms with Crippen LogP contribution in [0.1, 0.15) is 40.2 Å². The Hall–Kier alpha value is -2.32. The highest BCUT2D eigenvalue weighted by Crippen LogP contribution is 2.45. The van der Waals surface area contributed by atoms with Crippen LogP contribution in [0.4, 0.5) is 11.4 Å². The van der Waals surface area contributed by atoms with Gasteiger partial charge in [0.15, 0.2) is 0 Å². The van der Waals surface area contributed by atoms with Crippen molar-refractivity contribution in [3.8, 4) is 0 Å². The topological polar surface area (TPSA) is 3.24 Å². The van der Waals surface area contributed by atoms with Gasteiger partial charge in [0.25, 0.3) is 0 Å². The molecule has 5 rings (SSSR count). The fraction of sp³-hybridized carbons (Fsp3) is 0.286. The van der Waals surface area contributed by atoms with E-state index in [2.05, 4.69) is 122 Å². The van der Waals surface area contributed by atoms with Gasteiger partial charge in [0.05, 0.1) is 11.7 Å². The van der Waals surface area contributed by atoms with Gasteiger partial charge in [0.1, 0.15) is 0 Å². The van der Waals surface area contributed by atoms with Gasteiger partial charge in [-0.1, -0.05) is 56.4 Å². The summed E-state index contributed by atoms with van der Waals surface area (Å²) in [7, 11) is 0. The maximum atomic E-state index is 4.02. The summed E-state index contributed by atoms with van der Waals surface area (Å²) in [6, 6.07) is 13.6. The number of hydrogen-bond donors (Lipinski definition) is 0. The van der Waals surface area contributed by atoms with Crippen LogP contribution in [0.2, 0.25) is 0 Å². The lowest BCUT2D eigenvalue weighted by molar-refractivity contribution is 0.422. The van der Waals surface area contributed by atoms with Crippen molar-refractivity contribution in [1.29, 1.82) is 0 Å². The molecular formula is C28H28BrN. The molecule has 2 heteroatoms. The fourth-order valence-electron chi connectivity index (χ4n) is 5.56. The predicted molar refractivity (Wildman–Crippen MR) is 133 cm³/mol. The van der Waals surface area contributed by atoms with Crippen LogP contribution in [0.5, 0.6) is 0 Å². The van der Waals surface area contributed by atoms with E-state index in [4.69, 9.17) is 0 Å². The molecule has 30 heavy (non-hydrogen) atoms. The highest BCUT2D eigenvalue weighted by molar-refractivity contribution is 9.10. The highest BCUT2D eigenvalue weighted by atomic mass is 79.9. The molecule has 0 spiro atoms. The van der Waals surface area contributed by atoms with Crippen molar-refractivity contribution in [3.05, 3.63) is 86.7 Å². The molecule has 1 heterocycles. The molecule has 1 aliphatic heterocycles. The quantitative estimate of drug-likeness (QED) is 0.508. The van der Waals surface area contributed by atoms with Crippen molar-refractivity contribution in [2.75, 3.05) is 4.90 Å². The van der Waals surface area contributed by atoms with Crippen molar-refractivity contribution in [1.82, 2.24) is 0 Å². The monoisotopic (exact) mass is 457 g/mol. The molecule has 2 aromatic rings. The van der Waals surface area contributed by atoms with Gasteiger partial charge in [-0.3, -0.25) is 0 Å². The molecule has 1 nitrogen and oxygen atoms in total. The Morgan fingerprint density at radius 3 is 2.33 bits per heavy atom. The summed E-state index contributed by atoms with van der Waals surface area (Å²) >= 11 is 4.02. The first-order valence-corrected chi connectivity index (χ1v) is 11.6. The summed E-state index contributed by atoms with van der Waals surface area (Å²) in [6.45, 7) is 11.6. The maximum absolute atomic E-state index is 4.02. The molecule has 2 aromatic carbocycles. The summed E-state index contributed by atoms with van der Waals surface area (Å²) in [5.41, 5.74) is 8.19. The smallest absolute Gasteiger partial charge is 0.0530 e. The summed E-state index contributed by atoms with van der Waals surface area (Å²) < 4.78 is 1.24. The predicted octanol–water partition coefficient (Wildman–Crippen LogP) is 6.50. The molecule has 2 aliphatic carbocycles. The molecule has 0 fully saturated rings. The number of fused-ring (bicyclic) bond motifs is 2. The summed E-state index contributed by atoms with van der Waals surface area (Å²) in [6.07, 6.45) is 11.4. The molecule has 1 atom stereocenters. The van der Waals surface area contributed by atoms with Crippen LogP contribution in [-0.2, 0) is 0 Å². The molecule has 0 saturated heterocycles. The molecule has 0 bridgehead atoms. The minimum atomic E-state index is 0.0313. The Labute approximate surface area is 187 Å². The number of allylic oxidation sites excluding steroid dienone is 5. The zero-order valence-corrected chi connectivity index (χ0v) is 19.9. The van der Waals surface area contributed by atoms with Crippen molar-refractivity contribution >= 4 is 44.5 Å². The van der Waals surface area contributed by atoms with Gasteiger partial charge in [-0.2, -0.15) is 0 Å². The van der Waals surface area contributed by atoms with E-state index in [0.29, 0.717) is 12.0 Å². The van der Waals surface area contributed by atoms with Gasteiger partial charge in [-0.05, 0) is 88.5 Å². The largest absolute Gasteiger partial charge is 0.334 e. The van der Waals surface area contributed by atoms with Crippen LogP contribution < -0.4 is 15.3 Å². The van der Waals surface area contributed by atoms with Crippen LogP contribution in [0.25, 0.3) is 17.2 Å². The molecule has 0 N–H and O–H groups in total. The average Bonchev–Trinajstić information content (AvgIpc) is 3.42. The van der Waals surface area contributed by atoms with E-state index in [9.17, 15) is 0 Å². The second kappa shape index (κ2) is 6.85. The average molecular weight is 458 g/mol. The normalized spacial score (nSPS) is 20.3. The molecular weight excluding hydrogens is 430 g/mol. The summed E-state index contributed by atoms with van der Waals surface area (Å²) in [5, 5.41) is 2.73. The first kappa shape index (κ1) is 19.6. The Morgan fingerprint density at radius 1 is 1.00 bits per heavy atom. The van der Waals surface area contributed by atoms with Crippen LogP contribution in [0.3, 0.4) is 0 Å². The van der Waals surface area contributed by atoms with Gasteiger partial charge in [-0.25, -0.2) is 0 Å². The van der Waals surface area contributed by atoms with E-state index in [-0.39, 0.29) is 5.41 Å². The van der Waals surface area contributed by atoms with Crippen molar-refractivity contribution < 1.29 is 0 Å². The SMILES string of the molecule is CC1=Cc2c(Br)c3c(cc2=C1C(C)(C)C1C=CC=C1)N(c1ccccc1)C(C)C=3C. The Kier molecular flexibility index (Phi) is 4.48. The number of para-hydroxylation sites is 1. The zero-order chi connectivity index (χ0) is 21.2. The van der Waals surface area contributed by atoms with E-state index >= 15 is 0 Å². The van der Waals surface area contributed by atoms with E-state index < -0.39 is 0 Å². The third-order valence-electron chi connectivity index (χ3n) is 7.24. The molecule has 3 aliphatic rings. The first-order chi connectivity index (χ1) is 14.3. The number of rotatable bonds is 3. The second-order valence-electron chi connectivity index (χ2n) is 9.33. The highest BCUT2D eigenvalue weighted by Gasteiger charge is 2.36. The molecule has 0 amide bonds. The molecule has 1 unspecified atom stereocenters. The van der Waals surface area contributed by atoms with Gasteiger partial charge in [0, 0.05) is 26.7 Å². The van der Waals surface area contributed by atoms with Gasteiger partial charge in [0.2, 0.25) is 0 Å². The number of nitrogens with zero attached hydrogens (tertiary/aromatic N) is 1. The number of anilines is 2. The van der Waals surface area contributed by atoms with Gasteiger partial charge < -0.3 is 4.90 Å². The lowest BCUT2D eigenvalue weighted by Gasteiger charge is -2.32. The second-order valence-corrected chi connectivity index (χ2v) is 10.1. The van der Waals surface area contributed by atoms with E-state index in [1.54, 1.807) is 0 Å². The Balaban J connectivity index is 1.81. The first-order valence-electron chi connectivity index (χ1n) is 10.8. The van der Waals surface area contributed by atoms with Gasteiger partial charge in [-0.15, -0.1) is 0 Å². The Bertz CT molecular complexity index is 1250. The lowest BCUT2D eigenvalue weighted by Crippen LogP contribution is -2.29. The van der Waals surface area contributed by atoms with Crippen molar-refractivity contribution in [2.45, 2.75) is 40.7 Å². The van der Waals surface area contributed by atoms with Crippen molar-refractivity contribution in [3.63, 3.8) is 0 Å². The standard InChI is InChI=1S/C28H28BrN/c1-17-15-23-22(26(17)28(4,5)20-11-9-10-12-20)16-24-25(27(23)29)18(2)19(3)30(24)21-13-7-6-8-14-21/h6-16,19-20H,1-5H3. The third kappa shape index (κ3) is 2.66. The van der Waals surface area contributed by atoms with Crippen LogP contribution in [0.15, 0.2) is 70.7 Å². The molecule has 0 aromatic heterocycles. The number of hydrogen-bond acceptors (Lipinski definition) is 1. The zero-order valence-electron chi connectivity index (χ0n) is 18.3. The minimum absolute atomic E-state index is 0.0313. The van der Waals surface area contributed by atoms with Gasteiger partial charge >= 0.3 is 0 Å². The maximum Gasteiger partial charge on any atom is 0.0530 e. The molecule has 152 valence electrons. The Morgan fingerprint density at radius 2 is 1.67 bits per heavy atom. The molecule has 0 radical (unpaired) electrons. The fourth-order valence-corrected chi connectivity index (χ4v) is 6.41. The van der Waals surface area contributed by atoms with Crippen LogP contribution >= 0.6 is 15.9 Å². The number of benzene rings is 2. The molecule has 0 saturated carbocycles. The van der Waals surface area contributed by atoms with E-state index in [0.717, 1.165) is 0 Å². The van der Waals surface area contributed by atoms with Crippen LogP contribution in [-0.4, -0.2) is 6.04 Å². The summed E-state index contributed by atoms with van der Waals surface area (Å²) in [4.78, 5) is 2.49. The summed E-state index contributed by atoms with van der Waals surface area (Å²) in [5.74, 6) is 0.422. The van der Waals surface area contributed by atoms with Crippen LogP contribution in [0, 0.1) is 11.3 Å². The van der Waals surface area contributed by atoms with E-state index in [1.165, 1.54) is 48.6 Å².